The predicted molar refractivity (Wildman–Crippen MR) is 113 cm³/mol. The van der Waals surface area contributed by atoms with E-state index in [-0.39, 0.29) is 27.6 Å². The van der Waals surface area contributed by atoms with Crippen molar-refractivity contribution >= 4 is 27.4 Å². The third-order valence-electron chi connectivity index (χ3n) is 4.32. The Morgan fingerprint density at radius 2 is 1.66 bits per heavy atom. The molecule has 0 atom stereocenters. The minimum atomic E-state index is -4.00. The van der Waals surface area contributed by atoms with Crippen LogP contribution in [0.1, 0.15) is 15.9 Å². The van der Waals surface area contributed by atoms with Gasteiger partial charge in [0.15, 0.2) is 0 Å². The van der Waals surface area contributed by atoms with Crippen molar-refractivity contribution in [3.8, 4) is 11.5 Å². The van der Waals surface area contributed by atoms with Crippen LogP contribution in [0.2, 0.25) is 0 Å². The van der Waals surface area contributed by atoms with Crippen LogP contribution in [0.3, 0.4) is 0 Å². The van der Waals surface area contributed by atoms with Gasteiger partial charge in [-0.15, -0.1) is 0 Å². The lowest BCUT2D eigenvalue weighted by molar-refractivity contribution is -0.387. The molecule has 0 aliphatic carbocycles. The lowest BCUT2D eigenvalue weighted by atomic mass is 10.1. The van der Waals surface area contributed by atoms with Gasteiger partial charge in [-0.1, -0.05) is 17.7 Å². The maximum absolute atomic E-state index is 13.8. The van der Waals surface area contributed by atoms with E-state index in [1.807, 2.05) is 6.92 Å². The number of methoxy groups -OCH3 is 1. The van der Waals surface area contributed by atoms with Crippen molar-refractivity contribution in [2.24, 2.45) is 0 Å². The molecule has 11 heteroatoms. The molecule has 0 heterocycles. The second kappa shape index (κ2) is 9.02. The van der Waals surface area contributed by atoms with Gasteiger partial charge in [0.2, 0.25) is 5.82 Å². The van der Waals surface area contributed by atoms with Crippen molar-refractivity contribution < 1.29 is 32.0 Å². The fourth-order valence-corrected chi connectivity index (χ4v) is 3.79. The molecule has 0 spiro atoms. The lowest BCUT2D eigenvalue weighted by Gasteiger charge is -2.14. The van der Waals surface area contributed by atoms with E-state index >= 15 is 0 Å². The number of carbonyl (C=O) groups excluding carboxylic acids is 1. The molecule has 0 radical (unpaired) electrons. The fourth-order valence-electron chi connectivity index (χ4n) is 2.71. The number of aryl methyl sites for hydroxylation is 1. The number of rotatable bonds is 7. The van der Waals surface area contributed by atoms with Gasteiger partial charge in [0.05, 0.1) is 28.2 Å². The Morgan fingerprint density at radius 1 is 1.03 bits per heavy atom. The van der Waals surface area contributed by atoms with Crippen LogP contribution in [0, 0.1) is 22.9 Å². The van der Waals surface area contributed by atoms with Crippen LogP contribution in [0.4, 0.5) is 15.8 Å². The van der Waals surface area contributed by atoms with E-state index in [0.29, 0.717) is 0 Å². The molecular weight excluding hydrogens is 443 g/mol. The average Bonchev–Trinajstić information content (AvgIpc) is 2.74. The zero-order valence-electron chi connectivity index (χ0n) is 16.9. The topological polar surface area (TPSA) is 125 Å². The Balaban J connectivity index is 1.92. The summed E-state index contributed by atoms with van der Waals surface area (Å²) < 4.78 is 51.7. The summed E-state index contributed by atoms with van der Waals surface area (Å²) in [5.74, 6) is -1.94. The number of carbonyl (C=O) groups is 1. The molecule has 0 unspecified atom stereocenters. The molecule has 0 bridgehead atoms. The highest BCUT2D eigenvalue weighted by molar-refractivity contribution is 7.92. The van der Waals surface area contributed by atoms with Crippen LogP contribution < -0.4 is 9.46 Å². The number of ether oxygens (including phenoxy) is 2. The lowest BCUT2D eigenvalue weighted by Crippen LogP contribution is -2.16. The molecule has 0 fully saturated rings. The second-order valence-electron chi connectivity index (χ2n) is 6.59. The third kappa shape index (κ3) is 5.01. The molecule has 9 nitrogen and oxygen atoms in total. The number of nitrogens with one attached hydrogen (secondary N) is 1. The predicted octanol–water partition coefficient (Wildman–Crippen LogP) is 4.42. The van der Waals surface area contributed by atoms with Gasteiger partial charge >= 0.3 is 11.7 Å². The molecule has 3 aromatic carbocycles. The van der Waals surface area contributed by atoms with E-state index in [1.165, 1.54) is 36.4 Å². The zero-order valence-corrected chi connectivity index (χ0v) is 17.7. The largest absolute Gasteiger partial charge is 0.465 e. The number of hydrogen-bond acceptors (Lipinski definition) is 7. The van der Waals surface area contributed by atoms with Gasteiger partial charge in [-0.25, -0.2) is 13.2 Å². The number of hydrogen-bond donors (Lipinski definition) is 1. The highest BCUT2D eigenvalue weighted by atomic mass is 32.2. The Kier molecular flexibility index (Phi) is 6.40. The molecule has 0 aromatic heterocycles. The first-order chi connectivity index (χ1) is 15.1. The van der Waals surface area contributed by atoms with Crippen molar-refractivity contribution in [1.82, 2.24) is 0 Å². The van der Waals surface area contributed by atoms with E-state index in [0.717, 1.165) is 24.8 Å². The first kappa shape index (κ1) is 22.7. The standard InChI is InChI=1S/C21H17FN2O7S/c1-13-3-7-16(8-4-13)32(28,29)23-19-9-5-14(11-17(19)21(25)30-2)31-15-6-10-20(24(26)27)18(22)12-15/h3-12,23H,1-2H3. The van der Waals surface area contributed by atoms with Crippen LogP contribution in [0.25, 0.3) is 0 Å². The minimum absolute atomic E-state index is 0.000553. The number of nitro groups is 1. The maximum Gasteiger partial charge on any atom is 0.340 e. The van der Waals surface area contributed by atoms with E-state index in [2.05, 4.69) is 4.72 Å². The molecule has 166 valence electrons. The smallest absolute Gasteiger partial charge is 0.340 e. The summed E-state index contributed by atoms with van der Waals surface area (Å²) in [5.41, 5.74) is -0.0421. The number of nitrogens with zero attached hydrogens (tertiary/aromatic N) is 1. The van der Waals surface area contributed by atoms with Gasteiger partial charge in [0.25, 0.3) is 10.0 Å². The summed E-state index contributed by atoms with van der Waals surface area (Å²) in [6, 6.07) is 12.9. The SMILES string of the molecule is COC(=O)c1cc(Oc2ccc([N+](=O)[O-])c(F)c2)ccc1NS(=O)(=O)c1ccc(C)cc1. The molecule has 0 aliphatic rings. The second-order valence-corrected chi connectivity index (χ2v) is 8.27. The van der Waals surface area contributed by atoms with Gasteiger partial charge in [0.1, 0.15) is 11.5 Å². The fraction of sp³-hybridized carbons (Fsp3) is 0.0952. The zero-order chi connectivity index (χ0) is 23.5. The molecule has 0 aliphatic heterocycles. The van der Waals surface area contributed by atoms with Crippen LogP contribution in [0.15, 0.2) is 65.6 Å². The normalized spacial score (nSPS) is 11.0. The van der Waals surface area contributed by atoms with Crippen LogP contribution in [0.5, 0.6) is 11.5 Å². The first-order valence-corrected chi connectivity index (χ1v) is 10.5. The summed E-state index contributed by atoms with van der Waals surface area (Å²) in [4.78, 5) is 22.1. The summed E-state index contributed by atoms with van der Waals surface area (Å²) >= 11 is 0. The average molecular weight is 460 g/mol. The number of nitro benzene ring substituents is 1. The van der Waals surface area contributed by atoms with Gasteiger partial charge < -0.3 is 9.47 Å². The van der Waals surface area contributed by atoms with Crippen molar-refractivity contribution in [3.63, 3.8) is 0 Å². The number of sulfonamides is 1. The number of esters is 1. The Morgan fingerprint density at radius 3 is 2.25 bits per heavy atom. The maximum atomic E-state index is 13.8. The Hall–Kier alpha value is -3.99. The first-order valence-electron chi connectivity index (χ1n) is 9.04. The summed E-state index contributed by atoms with van der Waals surface area (Å²) in [6.07, 6.45) is 0. The quantitative estimate of drug-likeness (QED) is 0.314. The number of benzene rings is 3. The van der Waals surface area contributed by atoms with Gasteiger partial charge in [-0.05, 0) is 43.3 Å². The number of halogens is 1. The highest BCUT2D eigenvalue weighted by Gasteiger charge is 2.21. The third-order valence-corrected chi connectivity index (χ3v) is 5.70. The molecule has 32 heavy (non-hydrogen) atoms. The Bertz CT molecular complexity index is 1290. The van der Waals surface area contributed by atoms with E-state index in [4.69, 9.17) is 9.47 Å². The molecular formula is C21H17FN2O7S. The number of anilines is 1. The molecule has 0 saturated heterocycles. The Labute approximate surface area is 182 Å². The minimum Gasteiger partial charge on any atom is -0.465 e. The summed E-state index contributed by atoms with van der Waals surface area (Å²) in [5, 5.41) is 10.7. The molecule has 3 aromatic rings. The molecule has 3 rings (SSSR count). The summed E-state index contributed by atoms with van der Waals surface area (Å²) in [7, 11) is -2.87. The summed E-state index contributed by atoms with van der Waals surface area (Å²) in [6.45, 7) is 1.81. The van der Waals surface area contributed by atoms with E-state index in [9.17, 15) is 27.7 Å². The van der Waals surface area contributed by atoms with Gasteiger partial charge in [0, 0.05) is 12.1 Å². The molecule has 1 N–H and O–H groups in total. The van der Waals surface area contributed by atoms with Crippen molar-refractivity contribution in [2.45, 2.75) is 11.8 Å². The van der Waals surface area contributed by atoms with Crippen LogP contribution >= 0.6 is 0 Å². The van der Waals surface area contributed by atoms with Gasteiger partial charge in [-0.2, -0.15) is 4.39 Å². The molecule has 0 amide bonds. The monoisotopic (exact) mass is 460 g/mol. The van der Waals surface area contributed by atoms with E-state index in [1.54, 1.807) is 12.1 Å². The highest BCUT2D eigenvalue weighted by Crippen LogP contribution is 2.30. The molecule has 0 saturated carbocycles. The van der Waals surface area contributed by atoms with Crippen molar-refractivity contribution in [2.75, 3.05) is 11.8 Å². The van der Waals surface area contributed by atoms with E-state index < -0.39 is 32.4 Å². The van der Waals surface area contributed by atoms with Crippen LogP contribution in [-0.2, 0) is 14.8 Å². The van der Waals surface area contributed by atoms with Crippen LogP contribution in [-0.4, -0.2) is 26.4 Å². The van der Waals surface area contributed by atoms with Gasteiger partial charge in [-0.3, -0.25) is 14.8 Å². The van der Waals surface area contributed by atoms with Crippen molar-refractivity contribution in [3.05, 3.63) is 87.7 Å². The van der Waals surface area contributed by atoms with Crippen molar-refractivity contribution in [1.29, 1.82) is 0 Å².